The first kappa shape index (κ1) is 17.6. The maximum Gasteiger partial charge on any atom is 0.217 e. The average Bonchev–Trinajstić information content (AvgIpc) is 2.56. The number of methoxy groups -OCH3 is 1. The van der Waals surface area contributed by atoms with Crippen LogP contribution in [0.2, 0.25) is 0 Å². The molecule has 2 rings (SSSR count). The zero-order valence-corrected chi connectivity index (χ0v) is 13.5. The quantitative estimate of drug-likeness (QED) is 0.827. The first-order valence-corrected chi connectivity index (χ1v) is 7.29. The van der Waals surface area contributed by atoms with Gasteiger partial charge in [-0.2, -0.15) is 0 Å². The number of pyridine rings is 1. The van der Waals surface area contributed by atoms with E-state index in [0.29, 0.717) is 16.9 Å². The Balaban J connectivity index is 2.22. The van der Waals surface area contributed by atoms with Crippen molar-refractivity contribution in [1.29, 1.82) is 0 Å². The molecule has 0 radical (unpaired) electrons. The first-order chi connectivity index (χ1) is 11.4. The number of benzene rings is 1. The Kier molecular flexibility index (Phi) is 5.63. The van der Waals surface area contributed by atoms with Crippen molar-refractivity contribution in [2.24, 2.45) is 0 Å². The molecule has 1 aromatic carbocycles. The van der Waals surface area contributed by atoms with Crippen molar-refractivity contribution < 1.29 is 18.3 Å². The first-order valence-electron chi connectivity index (χ1n) is 7.29. The molecular weight excluding hydrogens is 314 g/mol. The lowest BCUT2D eigenvalue weighted by Gasteiger charge is -2.10. The third-order valence-corrected chi connectivity index (χ3v) is 3.50. The topological polar surface area (TPSA) is 51.2 Å². The lowest BCUT2D eigenvalue weighted by Crippen LogP contribution is -2.20. The summed E-state index contributed by atoms with van der Waals surface area (Å²) in [4.78, 5) is 14.9. The molecule has 1 heterocycles. The number of carbonyl (C=O) groups is 1. The summed E-state index contributed by atoms with van der Waals surface area (Å²) in [5, 5.41) is 2.45. The standard InChI is InChI=1S/C18H18F2N2O2/c1-11(24-3)15-5-13(8-21-9-15)4-14-6-18(20)16(7-17(14)19)10-22-12(2)23/h5-9H,1,4,10H2,2-3H3,(H,22,23). The molecule has 2 aromatic rings. The van der Waals surface area contributed by atoms with E-state index in [-0.39, 0.29) is 30.0 Å². The van der Waals surface area contributed by atoms with Crippen LogP contribution in [0, 0.1) is 11.6 Å². The number of nitrogens with zero attached hydrogens (tertiary/aromatic N) is 1. The molecule has 1 aromatic heterocycles. The molecule has 24 heavy (non-hydrogen) atoms. The van der Waals surface area contributed by atoms with Crippen molar-refractivity contribution in [3.05, 3.63) is 71.1 Å². The Morgan fingerprint density at radius 3 is 2.54 bits per heavy atom. The number of nitrogens with one attached hydrogen (secondary N) is 1. The summed E-state index contributed by atoms with van der Waals surface area (Å²) in [5.41, 5.74) is 1.70. The third-order valence-electron chi connectivity index (χ3n) is 3.50. The fourth-order valence-electron chi connectivity index (χ4n) is 2.19. The van der Waals surface area contributed by atoms with E-state index >= 15 is 0 Å². The molecule has 0 aliphatic heterocycles. The molecule has 1 N–H and O–H groups in total. The van der Waals surface area contributed by atoms with Gasteiger partial charge in [0.15, 0.2) is 0 Å². The molecule has 4 nitrogen and oxygen atoms in total. The van der Waals surface area contributed by atoms with Crippen molar-refractivity contribution in [1.82, 2.24) is 10.3 Å². The van der Waals surface area contributed by atoms with Crippen LogP contribution in [0.3, 0.4) is 0 Å². The van der Waals surface area contributed by atoms with Gasteiger partial charge in [-0.05, 0) is 29.3 Å². The summed E-state index contributed by atoms with van der Waals surface area (Å²) in [7, 11) is 1.50. The van der Waals surface area contributed by atoms with Gasteiger partial charge in [0, 0.05) is 43.4 Å². The van der Waals surface area contributed by atoms with E-state index in [2.05, 4.69) is 16.9 Å². The van der Waals surface area contributed by atoms with Crippen LogP contribution in [0.25, 0.3) is 5.76 Å². The summed E-state index contributed by atoms with van der Waals surface area (Å²) in [6.45, 7) is 5.00. The van der Waals surface area contributed by atoms with Crippen LogP contribution in [-0.2, 0) is 22.5 Å². The Hall–Kier alpha value is -2.76. The number of hydrogen-bond acceptors (Lipinski definition) is 3. The Morgan fingerprint density at radius 1 is 1.21 bits per heavy atom. The highest BCUT2D eigenvalue weighted by Gasteiger charge is 2.12. The van der Waals surface area contributed by atoms with Gasteiger partial charge in [0.2, 0.25) is 5.91 Å². The number of hydrogen-bond donors (Lipinski definition) is 1. The highest BCUT2D eigenvalue weighted by atomic mass is 19.1. The van der Waals surface area contributed by atoms with Crippen LogP contribution >= 0.6 is 0 Å². The number of aromatic nitrogens is 1. The maximum absolute atomic E-state index is 14.2. The molecule has 0 bridgehead atoms. The molecule has 0 unspecified atom stereocenters. The fourth-order valence-corrected chi connectivity index (χ4v) is 2.19. The summed E-state index contributed by atoms with van der Waals surface area (Å²) in [6.07, 6.45) is 3.35. The maximum atomic E-state index is 14.2. The van der Waals surface area contributed by atoms with E-state index in [1.807, 2.05) is 0 Å². The van der Waals surface area contributed by atoms with Gasteiger partial charge in [-0.15, -0.1) is 0 Å². The van der Waals surface area contributed by atoms with Gasteiger partial charge < -0.3 is 10.1 Å². The number of ether oxygens (including phenoxy) is 1. The second kappa shape index (κ2) is 7.68. The van der Waals surface area contributed by atoms with Crippen molar-refractivity contribution >= 4 is 11.7 Å². The van der Waals surface area contributed by atoms with Crippen LogP contribution < -0.4 is 5.32 Å². The summed E-state index contributed by atoms with van der Waals surface area (Å²) in [6, 6.07) is 4.01. The number of carbonyl (C=O) groups excluding carboxylic acids is 1. The van der Waals surface area contributed by atoms with E-state index in [1.165, 1.54) is 14.0 Å². The van der Waals surface area contributed by atoms with E-state index < -0.39 is 11.6 Å². The highest BCUT2D eigenvalue weighted by molar-refractivity contribution is 5.72. The number of halogens is 2. The van der Waals surface area contributed by atoms with Crippen LogP contribution in [0.1, 0.15) is 29.2 Å². The summed E-state index contributed by atoms with van der Waals surface area (Å²) >= 11 is 0. The summed E-state index contributed by atoms with van der Waals surface area (Å²) < 4.78 is 33.3. The predicted molar refractivity (Wildman–Crippen MR) is 87.0 cm³/mol. The number of rotatable bonds is 6. The van der Waals surface area contributed by atoms with Crippen LogP contribution in [0.5, 0.6) is 0 Å². The zero-order chi connectivity index (χ0) is 17.7. The minimum atomic E-state index is -0.564. The molecule has 1 amide bonds. The van der Waals surface area contributed by atoms with Crippen molar-refractivity contribution in [3.63, 3.8) is 0 Å². The normalized spacial score (nSPS) is 10.3. The van der Waals surface area contributed by atoms with Crippen molar-refractivity contribution in [2.75, 3.05) is 7.11 Å². The van der Waals surface area contributed by atoms with Gasteiger partial charge in [-0.1, -0.05) is 6.58 Å². The molecule has 0 saturated heterocycles. The Labute approximate surface area is 139 Å². The molecule has 0 aliphatic carbocycles. The second-order valence-electron chi connectivity index (χ2n) is 5.33. The Bertz CT molecular complexity index is 776. The van der Waals surface area contributed by atoms with Gasteiger partial charge in [0.25, 0.3) is 0 Å². The fraction of sp³-hybridized carbons (Fsp3) is 0.222. The van der Waals surface area contributed by atoms with Gasteiger partial charge in [-0.25, -0.2) is 8.78 Å². The molecule has 0 aliphatic rings. The minimum absolute atomic E-state index is 0.0525. The van der Waals surface area contributed by atoms with Gasteiger partial charge in [0.05, 0.1) is 7.11 Å². The van der Waals surface area contributed by atoms with Gasteiger partial charge in [-0.3, -0.25) is 9.78 Å². The van der Waals surface area contributed by atoms with Gasteiger partial charge in [0.1, 0.15) is 17.4 Å². The zero-order valence-electron chi connectivity index (χ0n) is 13.5. The average molecular weight is 332 g/mol. The molecule has 6 heteroatoms. The van der Waals surface area contributed by atoms with E-state index in [9.17, 15) is 13.6 Å². The minimum Gasteiger partial charge on any atom is -0.497 e. The molecule has 0 fully saturated rings. The lowest BCUT2D eigenvalue weighted by molar-refractivity contribution is -0.119. The molecule has 0 spiro atoms. The van der Waals surface area contributed by atoms with Gasteiger partial charge >= 0.3 is 0 Å². The van der Waals surface area contributed by atoms with Crippen LogP contribution in [-0.4, -0.2) is 18.0 Å². The summed E-state index contributed by atoms with van der Waals surface area (Å²) in [5.74, 6) is -0.958. The smallest absolute Gasteiger partial charge is 0.217 e. The predicted octanol–water partition coefficient (Wildman–Crippen LogP) is 3.20. The molecular formula is C18H18F2N2O2. The largest absolute Gasteiger partial charge is 0.497 e. The molecule has 0 saturated carbocycles. The lowest BCUT2D eigenvalue weighted by atomic mass is 10.0. The second-order valence-corrected chi connectivity index (χ2v) is 5.33. The molecule has 126 valence electrons. The monoisotopic (exact) mass is 332 g/mol. The Morgan fingerprint density at radius 2 is 1.88 bits per heavy atom. The van der Waals surface area contributed by atoms with E-state index in [1.54, 1.807) is 18.5 Å². The van der Waals surface area contributed by atoms with Crippen molar-refractivity contribution in [2.45, 2.75) is 19.9 Å². The van der Waals surface area contributed by atoms with E-state index in [0.717, 1.165) is 12.1 Å². The van der Waals surface area contributed by atoms with Crippen LogP contribution in [0.15, 0.2) is 37.2 Å². The molecule has 0 atom stereocenters. The third kappa shape index (κ3) is 4.38. The number of amides is 1. The SMILES string of the molecule is C=C(OC)c1cncc(Cc2cc(F)c(CNC(C)=O)cc2F)c1. The highest BCUT2D eigenvalue weighted by Crippen LogP contribution is 2.20. The van der Waals surface area contributed by atoms with Crippen LogP contribution in [0.4, 0.5) is 8.78 Å². The van der Waals surface area contributed by atoms with Crippen molar-refractivity contribution in [3.8, 4) is 0 Å². The van der Waals surface area contributed by atoms with E-state index in [4.69, 9.17) is 4.74 Å².